The number of rotatable bonds is 2. The molecule has 0 saturated carbocycles. The van der Waals surface area contributed by atoms with E-state index in [1.165, 1.54) is 0 Å². The zero-order valence-corrected chi connectivity index (χ0v) is 10.6. The number of nitrogens with one attached hydrogen (secondary N) is 1. The Kier molecular flexibility index (Phi) is 2.87. The normalized spacial score (nSPS) is 14.6. The molecule has 3 rings (SSSR count). The van der Waals surface area contributed by atoms with Gasteiger partial charge >= 0.3 is 6.03 Å². The second-order valence-electron chi connectivity index (χ2n) is 4.42. The number of benzene rings is 1. The van der Waals surface area contributed by atoms with Gasteiger partial charge in [0.15, 0.2) is 0 Å². The highest BCUT2D eigenvalue weighted by molar-refractivity contribution is 5.94. The molecule has 1 aliphatic rings. The average molecular weight is 254 g/mol. The lowest BCUT2D eigenvalue weighted by Crippen LogP contribution is -2.27. The molecule has 0 unspecified atom stereocenters. The van der Waals surface area contributed by atoms with E-state index < -0.39 is 0 Å². The first kappa shape index (κ1) is 11.6. The molecule has 1 aromatic heterocycles. The lowest BCUT2D eigenvalue weighted by Gasteiger charge is -2.14. The molecule has 0 bridgehead atoms. The number of amides is 2. The van der Waals surface area contributed by atoms with E-state index in [0.29, 0.717) is 13.1 Å². The first-order valence-corrected chi connectivity index (χ1v) is 6.19. The molecule has 5 heteroatoms. The molecule has 0 aliphatic carbocycles. The van der Waals surface area contributed by atoms with E-state index in [4.69, 9.17) is 0 Å². The van der Waals surface area contributed by atoms with Crippen LogP contribution in [0.4, 0.5) is 10.5 Å². The van der Waals surface area contributed by atoms with Gasteiger partial charge in [-0.15, -0.1) is 0 Å². The number of carbonyl (C=O) groups is 1. The Bertz CT molecular complexity index is 609. The van der Waals surface area contributed by atoms with Crippen molar-refractivity contribution in [1.82, 2.24) is 15.3 Å². The third kappa shape index (κ3) is 2.27. The summed E-state index contributed by atoms with van der Waals surface area (Å²) in [4.78, 5) is 21.8. The number of nitrogens with zero attached hydrogens (tertiary/aromatic N) is 3. The highest BCUT2D eigenvalue weighted by Gasteiger charge is 2.20. The Morgan fingerprint density at radius 1 is 1.21 bits per heavy atom. The molecule has 0 atom stereocenters. The van der Waals surface area contributed by atoms with Crippen LogP contribution in [-0.4, -0.2) is 29.1 Å². The average Bonchev–Trinajstić information content (AvgIpc) is 2.85. The summed E-state index contributed by atoms with van der Waals surface area (Å²) in [5.41, 5.74) is 2.82. The lowest BCUT2D eigenvalue weighted by molar-refractivity contribution is 0.252. The summed E-state index contributed by atoms with van der Waals surface area (Å²) in [6.07, 6.45) is 1.75. The predicted molar refractivity (Wildman–Crippen MR) is 72.9 cm³/mol. The fourth-order valence-electron chi connectivity index (χ4n) is 2.15. The number of aryl methyl sites for hydroxylation is 1. The van der Waals surface area contributed by atoms with E-state index in [1.54, 1.807) is 11.1 Å². The molecule has 0 spiro atoms. The van der Waals surface area contributed by atoms with Crippen LogP contribution in [0.1, 0.15) is 5.82 Å². The van der Waals surface area contributed by atoms with Crippen LogP contribution < -0.4 is 10.2 Å². The van der Waals surface area contributed by atoms with Crippen molar-refractivity contribution in [3.05, 3.63) is 42.4 Å². The van der Waals surface area contributed by atoms with E-state index in [2.05, 4.69) is 15.3 Å². The number of urea groups is 1. The summed E-state index contributed by atoms with van der Waals surface area (Å²) >= 11 is 0. The highest BCUT2D eigenvalue weighted by atomic mass is 16.2. The van der Waals surface area contributed by atoms with E-state index in [0.717, 1.165) is 22.8 Å². The topological polar surface area (TPSA) is 58.1 Å². The Labute approximate surface area is 111 Å². The van der Waals surface area contributed by atoms with Gasteiger partial charge in [-0.25, -0.2) is 14.8 Å². The monoisotopic (exact) mass is 254 g/mol. The van der Waals surface area contributed by atoms with Gasteiger partial charge < -0.3 is 5.32 Å². The van der Waals surface area contributed by atoms with Crippen molar-refractivity contribution in [3.8, 4) is 11.3 Å². The van der Waals surface area contributed by atoms with Crippen LogP contribution in [0, 0.1) is 6.92 Å². The predicted octanol–water partition coefficient (Wildman–Crippen LogP) is 1.98. The molecule has 1 aromatic carbocycles. The number of anilines is 1. The molecule has 0 radical (unpaired) electrons. The largest absolute Gasteiger partial charge is 0.336 e. The van der Waals surface area contributed by atoms with Crippen molar-refractivity contribution < 1.29 is 4.79 Å². The molecule has 2 heterocycles. The standard InChI is InChI=1S/C14H14N4O/c1-10-15-7-6-13(17-10)11-2-4-12(5-3-11)18-9-8-16-14(18)19/h2-7H,8-9H2,1H3,(H,16,19). The van der Waals surface area contributed by atoms with Gasteiger partial charge in [-0.05, 0) is 25.1 Å². The third-order valence-corrected chi connectivity index (χ3v) is 3.11. The maximum Gasteiger partial charge on any atom is 0.321 e. The van der Waals surface area contributed by atoms with Crippen molar-refractivity contribution in [1.29, 1.82) is 0 Å². The van der Waals surface area contributed by atoms with Gasteiger partial charge in [0.25, 0.3) is 0 Å². The number of carbonyl (C=O) groups excluding carboxylic acids is 1. The van der Waals surface area contributed by atoms with Crippen molar-refractivity contribution in [2.45, 2.75) is 6.92 Å². The van der Waals surface area contributed by atoms with Crippen LogP contribution in [0.3, 0.4) is 0 Å². The van der Waals surface area contributed by atoms with Crippen molar-refractivity contribution in [2.24, 2.45) is 0 Å². The molecule has 1 aliphatic heterocycles. The SMILES string of the molecule is Cc1nccc(-c2ccc(N3CCNC3=O)cc2)n1. The number of hydrogen-bond donors (Lipinski definition) is 1. The zero-order chi connectivity index (χ0) is 13.2. The summed E-state index contributed by atoms with van der Waals surface area (Å²) in [6.45, 7) is 3.28. The van der Waals surface area contributed by atoms with Crippen LogP contribution in [0.15, 0.2) is 36.5 Å². The van der Waals surface area contributed by atoms with Crippen molar-refractivity contribution in [3.63, 3.8) is 0 Å². The first-order valence-electron chi connectivity index (χ1n) is 6.19. The van der Waals surface area contributed by atoms with Crippen LogP contribution in [-0.2, 0) is 0 Å². The molecule has 1 saturated heterocycles. The van der Waals surface area contributed by atoms with E-state index in [1.807, 2.05) is 37.3 Å². The minimum atomic E-state index is -0.0365. The smallest absolute Gasteiger partial charge is 0.321 e. The highest BCUT2D eigenvalue weighted by Crippen LogP contribution is 2.22. The Balaban J connectivity index is 1.88. The lowest BCUT2D eigenvalue weighted by atomic mass is 10.1. The summed E-state index contributed by atoms with van der Waals surface area (Å²) in [5.74, 6) is 0.750. The van der Waals surface area contributed by atoms with Gasteiger partial charge in [0.2, 0.25) is 0 Å². The number of aromatic nitrogens is 2. The Hall–Kier alpha value is -2.43. The fraction of sp³-hybridized carbons (Fsp3) is 0.214. The maximum atomic E-state index is 11.6. The van der Waals surface area contributed by atoms with Gasteiger partial charge in [-0.1, -0.05) is 12.1 Å². The fourth-order valence-corrected chi connectivity index (χ4v) is 2.15. The van der Waals surface area contributed by atoms with Crippen molar-refractivity contribution in [2.75, 3.05) is 18.0 Å². The van der Waals surface area contributed by atoms with Gasteiger partial charge in [-0.3, -0.25) is 4.90 Å². The zero-order valence-electron chi connectivity index (χ0n) is 10.6. The molecule has 5 nitrogen and oxygen atoms in total. The molecule has 1 N–H and O–H groups in total. The molecular formula is C14H14N4O. The first-order chi connectivity index (χ1) is 9.24. The quantitative estimate of drug-likeness (QED) is 0.891. The van der Waals surface area contributed by atoms with Crippen LogP contribution in [0.25, 0.3) is 11.3 Å². The second-order valence-corrected chi connectivity index (χ2v) is 4.42. The van der Waals surface area contributed by atoms with Gasteiger partial charge in [0.1, 0.15) is 5.82 Å². The summed E-state index contributed by atoms with van der Waals surface area (Å²) in [5, 5.41) is 2.79. The molecule has 96 valence electrons. The molecule has 2 amide bonds. The van der Waals surface area contributed by atoms with Crippen LogP contribution in [0.5, 0.6) is 0 Å². The summed E-state index contributed by atoms with van der Waals surface area (Å²) in [7, 11) is 0. The summed E-state index contributed by atoms with van der Waals surface area (Å²) < 4.78 is 0. The van der Waals surface area contributed by atoms with Crippen LogP contribution in [0.2, 0.25) is 0 Å². The van der Waals surface area contributed by atoms with Gasteiger partial charge in [0.05, 0.1) is 5.69 Å². The molecule has 2 aromatic rings. The van der Waals surface area contributed by atoms with Crippen molar-refractivity contribution >= 4 is 11.7 Å². The van der Waals surface area contributed by atoms with Gasteiger partial charge in [-0.2, -0.15) is 0 Å². The Morgan fingerprint density at radius 3 is 2.63 bits per heavy atom. The van der Waals surface area contributed by atoms with E-state index in [9.17, 15) is 4.79 Å². The van der Waals surface area contributed by atoms with E-state index >= 15 is 0 Å². The third-order valence-electron chi connectivity index (χ3n) is 3.11. The summed E-state index contributed by atoms with van der Waals surface area (Å²) in [6, 6.07) is 9.68. The second kappa shape index (κ2) is 4.68. The van der Waals surface area contributed by atoms with E-state index in [-0.39, 0.29) is 6.03 Å². The Morgan fingerprint density at radius 2 is 2.00 bits per heavy atom. The molecule has 19 heavy (non-hydrogen) atoms. The maximum absolute atomic E-state index is 11.6. The molecular weight excluding hydrogens is 240 g/mol. The minimum Gasteiger partial charge on any atom is -0.336 e. The van der Waals surface area contributed by atoms with Gasteiger partial charge in [0, 0.05) is 30.5 Å². The molecule has 1 fully saturated rings. The number of hydrogen-bond acceptors (Lipinski definition) is 3. The minimum absolute atomic E-state index is 0.0365. The van der Waals surface area contributed by atoms with Crippen LogP contribution >= 0.6 is 0 Å².